The number of para-hydroxylation sites is 1. The molecule has 3 aromatic carbocycles. The first-order valence-corrected chi connectivity index (χ1v) is 14.6. The molecule has 10 heteroatoms. The van der Waals surface area contributed by atoms with Crippen LogP contribution >= 0.6 is 11.6 Å². The summed E-state index contributed by atoms with van der Waals surface area (Å²) in [5.74, 6) is -0.518. The van der Waals surface area contributed by atoms with Crippen LogP contribution in [0.25, 0.3) is 0 Å². The van der Waals surface area contributed by atoms with Gasteiger partial charge in [0.25, 0.3) is 5.91 Å². The molecule has 0 fully saturated rings. The first kappa shape index (κ1) is 29.8. The molecule has 0 aliphatic carbocycles. The van der Waals surface area contributed by atoms with Crippen molar-refractivity contribution in [3.8, 4) is 11.8 Å². The number of primary amides is 1. The molecule has 0 saturated heterocycles. The summed E-state index contributed by atoms with van der Waals surface area (Å²) in [5, 5.41) is 12.5. The highest BCUT2D eigenvalue weighted by atomic mass is 35.5. The third-order valence-corrected chi connectivity index (χ3v) is 7.99. The van der Waals surface area contributed by atoms with Gasteiger partial charge in [-0.3, -0.25) is 14.5 Å². The second-order valence-corrected chi connectivity index (χ2v) is 11.0. The Balaban J connectivity index is 1.33. The van der Waals surface area contributed by atoms with Crippen molar-refractivity contribution in [3.05, 3.63) is 118 Å². The number of aromatic nitrogens is 2. The van der Waals surface area contributed by atoms with Crippen LogP contribution in [0.4, 0.5) is 0 Å². The number of nitrogens with zero attached hydrogens (tertiary/aromatic N) is 4. The lowest BCUT2D eigenvalue weighted by molar-refractivity contribution is -0.119. The summed E-state index contributed by atoms with van der Waals surface area (Å²) in [6.07, 6.45) is 4.70. The van der Waals surface area contributed by atoms with Gasteiger partial charge in [-0.25, -0.2) is 4.98 Å². The molecule has 0 radical (unpaired) electrons. The number of carbonyl (C=O) groups excluding carboxylic acids is 2. The van der Waals surface area contributed by atoms with Gasteiger partial charge in [0.15, 0.2) is 0 Å². The molecule has 9 nitrogen and oxygen atoms in total. The van der Waals surface area contributed by atoms with Gasteiger partial charge in [0, 0.05) is 48.8 Å². The van der Waals surface area contributed by atoms with Crippen molar-refractivity contribution >= 4 is 23.4 Å². The van der Waals surface area contributed by atoms with Gasteiger partial charge in [-0.15, -0.1) is 0 Å². The van der Waals surface area contributed by atoms with Crippen molar-refractivity contribution in [1.82, 2.24) is 19.8 Å². The molecule has 1 aromatic heterocycles. The highest BCUT2D eigenvalue weighted by molar-refractivity contribution is 6.30. The van der Waals surface area contributed by atoms with Gasteiger partial charge in [-0.05, 0) is 48.0 Å². The molecule has 0 spiro atoms. The monoisotopic (exact) mass is 596 g/mol. The molecule has 1 aliphatic rings. The predicted octanol–water partition coefficient (Wildman–Crippen LogP) is 4.63. The van der Waals surface area contributed by atoms with Crippen molar-refractivity contribution in [2.45, 2.75) is 44.9 Å². The predicted molar refractivity (Wildman–Crippen MR) is 163 cm³/mol. The van der Waals surface area contributed by atoms with Crippen LogP contribution in [-0.4, -0.2) is 45.5 Å². The van der Waals surface area contributed by atoms with E-state index >= 15 is 0 Å². The number of fused-ring (bicyclic) bond motifs is 1. The standard InChI is InChI=1S/C33H33ClN6O3/c1-2-39(20-26-18-37-21-40(26)19-24-8-6-23(17-35)7-9-24)30-14-15-43-31-27(30)4-3-5-28(31)33(42)38-29(32(36)41)16-22-10-12-25(34)13-11-22/h3-13,18,21,29-30H,2,14-16,19-20H2,1H3,(H2,36,41)(H,38,42). The molecule has 220 valence electrons. The Bertz CT molecular complexity index is 1630. The van der Waals surface area contributed by atoms with Crippen molar-refractivity contribution in [1.29, 1.82) is 5.26 Å². The lowest BCUT2D eigenvalue weighted by Crippen LogP contribution is -2.46. The SMILES string of the molecule is CCN(Cc1cncn1Cc1ccc(C#N)cc1)C1CCOc2c(C(=O)NC(Cc3ccc(Cl)cc3)C(N)=O)cccc21. The second kappa shape index (κ2) is 13.6. The first-order chi connectivity index (χ1) is 20.9. The third kappa shape index (κ3) is 7.05. The minimum absolute atomic E-state index is 0.0146. The minimum Gasteiger partial charge on any atom is -0.492 e. The van der Waals surface area contributed by atoms with E-state index in [2.05, 4.69) is 32.8 Å². The van der Waals surface area contributed by atoms with Gasteiger partial charge < -0.3 is 20.4 Å². The van der Waals surface area contributed by atoms with Crippen LogP contribution in [0.5, 0.6) is 5.75 Å². The molecule has 2 unspecified atom stereocenters. The van der Waals surface area contributed by atoms with Crippen LogP contribution in [0.3, 0.4) is 0 Å². The van der Waals surface area contributed by atoms with Crippen molar-refractivity contribution in [3.63, 3.8) is 0 Å². The summed E-state index contributed by atoms with van der Waals surface area (Å²) < 4.78 is 8.18. The molecule has 0 saturated carbocycles. The van der Waals surface area contributed by atoms with E-state index in [1.807, 2.05) is 48.9 Å². The number of nitrogens with two attached hydrogens (primary N) is 1. The number of nitriles is 1. The molecule has 1 aliphatic heterocycles. The molecule has 5 rings (SSSR count). The fourth-order valence-corrected chi connectivity index (χ4v) is 5.56. The number of imidazole rings is 1. The Morgan fingerprint density at radius 2 is 1.91 bits per heavy atom. The van der Waals surface area contributed by atoms with Crippen molar-refractivity contribution in [2.75, 3.05) is 13.2 Å². The average Bonchev–Trinajstić information content (AvgIpc) is 3.46. The van der Waals surface area contributed by atoms with Gasteiger partial charge in [0.2, 0.25) is 5.91 Å². The van der Waals surface area contributed by atoms with Crippen LogP contribution in [0.1, 0.15) is 57.7 Å². The molecule has 2 amide bonds. The topological polar surface area (TPSA) is 126 Å². The van der Waals surface area contributed by atoms with Crippen molar-refractivity contribution in [2.24, 2.45) is 5.73 Å². The van der Waals surface area contributed by atoms with Crippen LogP contribution in [0, 0.1) is 11.3 Å². The van der Waals surface area contributed by atoms with Crippen LogP contribution in [-0.2, 0) is 24.3 Å². The molecular formula is C33H33ClN6O3. The molecule has 43 heavy (non-hydrogen) atoms. The Morgan fingerprint density at radius 3 is 2.60 bits per heavy atom. The largest absolute Gasteiger partial charge is 0.492 e. The molecular weight excluding hydrogens is 564 g/mol. The minimum atomic E-state index is -0.896. The Kier molecular flexibility index (Phi) is 9.40. The van der Waals surface area contributed by atoms with E-state index in [0.29, 0.717) is 41.6 Å². The second-order valence-electron chi connectivity index (χ2n) is 10.5. The summed E-state index contributed by atoms with van der Waals surface area (Å²) in [6.45, 7) is 4.63. The van der Waals surface area contributed by atoms with Crippen LogP contribution in [0.2, 0.25) is 5.02 Å². The number of amides is 2. The van der Waals surface area contributed by atoms with E-state index in [9.17, 15) is 9.59 Å². The fraction of sp³-hybridized carbons (Fsp3) is 0.273. The molecule has 4 aromatic rings. The summed E-state index contributed by atoms with van der Waals surface area (Å²) >= 11 is 5.98. The molecule has 2 heterocycles. The average molecular weight is 597 g/mol. The Hall–Kier alpha value is -4.65. The first-order valence-electron chi connectivity index (χ1n) is 14.2. The summed E-state index contributed by atoms with van der Waals surface area (Å²) in [7, 11) is 0. The fourth-order valence-electron chi connectivity index (χ4n) is 5.43. The van der Waals surface area contributed by atoms with Gasteiger partial charge in [0.05, 0.1) is 35.8 Å². The van der Waals surface area contributed by atoms with Gasteiger partial charge in [0.1, 0.15) is 11.8 Å². The smallest absolute Gasteiger partial charge is 0.255 e. The summed E-state index contributed by atoms with van der Waals surface area (Å²) in [4.78, 5) is 32.5. The van der Waals surface area contributed by atoms with E-state index in [0.717, 1.165) is 35.3 Å². The number of halogens is 1. The zero-order valence-corrected chi connectivity index (χ0v) is 24.6. The lowest BCUT2D eigenvalue weighted by atomic mass is 9.95. The third-order valence-electron chi connectivity index (χ3n) is 7.74. The number of ether oxygens (including phenoxy) is 1. The van der Waals surface area contributed by atoms with E-state index in [1.54, 1.807) is 30.3 Å². The van der Waals surface area contributed by atoms with Crippen molar-refractivity contribution < 1.29 is 14.3 Å². The van der Waals surface area contributed by atoms with Gasteiger partial charge in [-0.1, -0.05) is 54.9 Å². The molecule has 2 atom stereocenters. The number of hydrogen-bond donors (Lipinski definition) is 2. The van der Waals surface area contributed by atoms with Gasteiger partial charge >= 0.3 is 0 Å². The van der Waals surface area contributed by atoms with Gasteiger partial charge in [-0.2, -0.15) is 5.26 Å². The highest BCUT2D eigenvalue weighted by Gasteiger charge is 2.31. The zero-order chi connectivity index (χ0) is 30.3. The van der Waals surface area contributed by atoms with Crippen LogP contribution < -0.4 is 15.8 Å². The maximum atomic E-state index is 13.5. The number of benzene rings is 3. The maximum absolute atomic E-state index is 13.5. The summed E-state index contributed by atoms with van der Waals surface area (Å²) in [6, 6.07) is 21.4. The highest BCUT2D eigenvalue weighted by Crippen LogP contribution is 2.39. The van der Waals surface area contributed by atoms with E-state index in [1.165, 1.54) is 0 Å². The van der Waals surface area contributed by atoms with E-state index in [-0.39, 0.29) is 12.5 Å². The lowest BCUT2D eigenvalue weighted by Gasteiger charge is -2.36. The number of hydrogen-bond acceptors (Lipinski definition) is 6. The zero-order valence-electron chi connectivity index (χ0n) is 23.9. The number of carbonyl (C=O) groups is 2. The maximum Gasteiger partial charge on any atom is 0.255 e. The van der Waals surface area contributed by atoms with E-state index in [4.69, 9.17) is 27.3 Å². The Labute approximate surface area is 255 Å². The number of rotatable bonds is 11. The normalized spacial score (nSPS) is 14.8. The van der Waals surface area contributed by atoms with E-state index < -0.39 is 17.9 Å². The van der Waals surface area contributed by atoms with Crippen LogP contribution in [0.15, 0.2) is 79.3 Å². The Morgan fingerprint density at radius 1 is 1.16 bits per heavy atom. The summed E-state index contributed by atoms with van der Waals surface area (Å²) in [5.41, 5.74) is 10.5. The molecule has 0 bridgehead atoms. The molecule has 3 N–H and O–H groups in total. The quantitative estimate of drug-likeness (QED) is 0.260. The number of nitrogens with one attached hydrogen (secondary N) is 1.